The Labute approximate surface area is 152 Å². The SMILES string of the molecule is CCN(CC)CCNc1cc(OC)c2cccnc2c1.O=C(O)C(=O)O. The molecule has 0 aliphatic carbocycles. The fourth-order valence-corrected chi connectivity index (χ4v) is 2.32. The number of nitrogens with zero attached hydrogens (tertiary/aromatic N) is 2. The number of benzene rings is 1. The van der Waals surface area contributed by atoms with Crippen LogP contribution in [-0.2, 0) is 9.59 Å². The number of hydrogen-bond acceptors (Lipinski definition) is 6. The highest BCUT2D eigenvalue weighted by Crippen LogP contribution is 2.28. The molecule has 1 aromatic carbocycles. The van der Waals surface area contributed by atoms with E-state index in [9.17, 15) is 0 Å². The van der Waals surface area contributed by atoms with E-state index in [4.69, 9.17) is 24.5 Å². The first-order valence-corrected chi connectivity index (χ1v) is 8.28. The van der Waals surface area contributed by atoms with Crippen molar-refractivity contribution in [2.24, 2.45) is 0 Å². The molecule has 0 atom stereocenters. The standard InChI is InChI=1S/C16H23N3O.C2H2O4/c1-4-19(5-2)10-9-17-13-11-15-14(7-6-8-18-15)16(12-13)20-3;3-1(4)2(5)6/h6-8,11-12,17H,4-5,9-10H2,1-3H3;(H,3,4)(H,5,6). The maximum Gasteiger partial charge on any atom is 0.414 e. The van der Waals surface area contributed by atoms with Crippen molar-refractivity contribution in [2.75, 3.05) is 38.6 Å². The van der Waals surface area contributed by atoms with Gasteiger partial charge in [-0.05, 0) is 31.3 Å². The van der Waals surface area contributed by atoms with Crippen LogP contribution in [0, 0.1) is 0 Å². The van der Waals surface area contributed by atoms with Crippen molar-refractivity contribution in [3.05, 3.63) is 30.5 Å². The molecule has 26 heavy (non-hydrogen) atoms. The lowest BCUT2D eigenvalue weighted by Gasteiger charge is -2.18. The monoisotopic (exact) mass is 363 g/mol. The van der Waals surface area contributed by atoms with Crippen molar-refractivity contribution >= 4 is 28.5 Å². The number of fused-ring (bicyclic) bond motifs is 1. The van der Waals surface area contributed by atoms with Crippen LogP contribution in [0.2, 0.25) is 0 Å². The largest absolute Gasteiger partial charge is 0.496 e. The van der Waals surface area contributed by atoms with Crippen LogP contribution >= 0.6 is 0 Å². The van der Waals surface area contributed by atoms with Crippen molar-refractivity contribution in [3.8, 4) is 5.75 Å². The molecule has 0 bridgehead atoms. The quantitative estimate of drug-likeness (QED) is 0.642. The second kappa shape index (κ2) is 10.9. The number of likely N-dealkylation sites (N-methyl/N-ethyl adjacent to an activating group) is 1. The van der Waals surface area contributed by atoms with E-state index in [0.29, 0.717) is 0 Å². The first-order valence-electron chi connectivity index (χ1n) is 8.28. The number of carboxylic acid groups (broad SMARTS) is 2. The number of methoxy groups -OCH3 is 1. The molecule has 0 aliphatic heterocycles. The zero-order valence-corrected chi connectivity index (χ0v) is 15.2. The first kappa shape index (κ1) is 21.2. The van der Waals surface area contributed by atoms with E-state index in [2.05, 4.69) is 35.1 Å². The molecule has 0 amide bonds. The van der Waals surface area contributed by atoms with E-state index in [-0.39, 0.29) is 0 Å². The molecule has 142 valence electrons. The fraction of sp³-hybridized carbons (Fsp3) is 0.389. The Kier molecular flexibility index (Phi) is 8.86. The van der Waals surface area contributed by atoms with Gasteiger partial charge in [0.1, 0.15) is 5.75 Å². The van der Waals surface area contributed by atoms with E-state index < -0.39 is 11.9 Å². The molecule has 8 heteroatoms. The van der Waals surface area contributed by atoms with Gasteiger partial charge in [0, 0.05) is 36.4 Å². The van der Waals surface area contributed by atoms with Crippen molar-refractivity contribution < 1.29 is 24.5 Å². The predicted molar refractivity (Wildman–Crippen MR) is 99.8 cm³/mol. The third kappa shape index (κ3) is 6.56. The fourth-order valence-electron chi connectivity index (χ4n) is 2.32. The molecule has 0 unspecified atom stereocenters. The van der Waals surface area contributed by atoms with Gasteiger partial charge in [0.25, 0.3) is 0 Å². The van der Waals surface area contributed by atoms with Gasteiger partial charge in [-0.1, -0.05) is 13.8 Å². The van der Waals surface area contributed by atoms with Gasteiger partial charge in [0.15, 0.2) is 0 Å². The van der Waals surface area contributed by atoms with Crippen LogP contribution in [0.15, 0.2) is 30.5 Å². The lowest BCUT2D eigenvalue weighted by Crippen LogP contribution is -2.28. The van der Waals surface area contributed by atoms with Gasteiger partial charge in [0.05, 0.1) is 12.6 Å². The molecule has 0 saturated carbocycles. The molecule has 0 saturated heterocycles. The molecule has 0 radical (unpaired) electrons. The van der Waals surface area contributed by atoms with Crippen molar-refractivity contribution in [1.29, 1.82) is 0 Å². The molecule has 0 aliphatic rings. The maximum atomic E-state index is 9.10. The molecule has 8 nitrogen and oxygen atoms in total. The summed E-state index contributed by atoms with van der Waals surface area (Å²) in [5.41, 5.74) is 2.01. The Balaban J connectivity index is 0.000000487. The van der Waals surface area contributed by atoms with Gasteiger partial charge >= 0.3 is 11.9 Å². The normalized spacial score (nSPS) is 10.2. The molecular formula is C18H25N3O5. The number of carboxylic acids is 2. The van der Waals surface area contributed by atoms with Crippen LogP contribution < -0.4 is 10.1 Å². The van der Waals surface area contributed by atoms with Gasteiger partial charge in [-0.25, -0.2) is 9.59 Å². The molecule has 2 aromatic rings. The second-order valence-corrected chi connectivity index (χ2v) is 5.31. The lowest BCUT2D eigenvalue weighted by atomic mass is 10.2. The van der Waals surface area contributed by atoms with Crippen molar-refractivity contribution in [2.45, 2.75) is 13.8 Å². The van der Waals surface area contributed by atoms with Crippen LogP contribution in [0.3, 0.4) is 0 Å². The van der Waals surface area contributed by atoms with Crippen LogP contribution in [0.25, 0.3) is 10.9 Å². The van der Waals surface area contributed by atoms with E-state index >= 15 is 0 Å². The highest BCUT2D eigenvalue weighted by atomic mass is 16.5. The van der Waals surface area contributed by atoms with Gasteiger partial charge in [0.2, 0.25) is 0 Å². The number of aliphatic carboxylic acids is 2. The topological polar surface area (TPSA) is 112 Å². The zero-order valence-electron chi connectivity index (χ0n) is 15.2. The minimum absolute atomic E-state index is 0.862. The number of anilines is 1. The summed E-state index contributed by atoms with van der Waals surface area (Å²) in [7, 11) is 1.70. The number of aromatic nitrogens is 1. The minimum atomic E-state index is -1.82. The summed E-state index contributed by atoms with van der Waals surface area (Å²) >= 11 is 0. The number of hydrogen-bond donors (Lipinski definition) is 3. The Morgan fingerprint density at radius 3 is 2.38 bits per heavy atom. The Bertz CT molecular complexity index is 720. The molecule has 1 aromatic heterocycles. The highest BCUT2D eigenvalue weighted by molar-refractivity contribution is 6.27. The van der Waals surface area contributed by atoms with Crippen LogP contribution in [0.1, 0.15) is 13.8 Å². The van der Waals surface area contributed by atoms with Crippen molar-refractivity contribution in [1.82, 2.24) is 9.88 Å². The summed E-state index contributed by atoms with van der Waals surface area (Å²) in [6, 6.07) is 8.06. The van der Waals surface area contributed by atoms with E-state index in [1.54, 1.807) is 13.3 Å². The second-order valence-electron chi connectivity index (χ2n) is 5.31. The third-order valence-electron chi connectivity index (χ3n) is 3.74. The Morgan fingerprint density at radius 1 is 1.19 bits per heavy atom. The number of carbonyl (C=O) groups is 2. The van der Waals surface area contributed by atoms with Gasteiger partial charge in [-0.2, -0.15) is 0 Å². The molecule has 0 fully saturated rings. The molecule has 2 rings (SSSR count). The van der Waals surface area contributed by atoms with E-state index in [0.717, 1.165) is 48.5 Å². The molecule has 1 heterocycles. The number of ether oxygens (including phenoxy) is 1. The van der Waals surface area contributed by atoms with Crippen LogP contribution in [0.5, 0.6) is 5.75 Å². The number of rotatable bonds is 7. The van der Waals surface area contributed by atoms with Gasteiger partial charge in [-0.3, -0.25) is 4.98 Å². The van der Waals surface area contributed by atoms with Gasteiger partial charge in [-0.15, -0.1) is 0 Å². The Hall–Kier alpha value is -2.87. The maximum absolute atomic E-state index is 9.10. The summed E-state index contributed by atoms with van der Waals surface area (Å²) in [4.78, 5) is 25.0. The summed E-state index contributed by atoms with van der Waals surface area (Å²) in [5, 5.41) is 19.3. The summed E-state index contributed by atoms with van der Waals surface area (Å²) in [6.45, 7) is 8.50. The summed E-state index contributed by atoms with van der Waals surface area (Å²) in [6.07, 6.45) is 1.81. The Morgan fingerprint density at radius 2 is 1.85 bits per heavy atom. The van der Waals surface area contributed by atoms with Crippen molar-refractivity contribution in [3.63, 3.8) is 0 Å². The first-order chi connectivity index (χ1) is 12.4. The smallest absolute Gasteiger partial charge is 0.414 e. The van der Waals surface area contributed by atoms with E-state index in [1.807, 2.05) is 18.2 Å². The van der Waals surface area contributed by atoms with Crippen LogP contribution in [-0.4, -0.2) is 65.3 Å². The third-order valence-corrected chi connectivity index (χ3v) is 3.74. The van der Waals surface area contributed by atoms with Gasteiger partial charge < -0.3 is 25.2 Å². The summed E-state index contributed by atoms with van der Waals surface area (Å²) < 4.78 is 5.45. The molecular weight excluding hydrogens is 338 g/mol. The number of nitrogens with one attached hydrogen (secondary N) is 1. The predicted octanol–water partition coefficient (Wildman–Crippen LogP) is 2.15. The molecule has 0 spiro atoms. The minimum Gasteiger partial charge on any atom is -0.496 e. The lowest BCUT2D eigenvalue weighted by molar-refractivity contribution is -0.159. The van der Waals surface area contributed by atoms with E-state index in [1.165, 1.54) is 0 Å². The average Bonchev–Trinajstić information content (AvgIpc) is 2.65. The van der Waals surface area contributed by atoms with Crippen LogP contribution in [0.4, 0.5) is 5.69 Å². The number of pyridine rings is 1. The highest BCUT2D eigenvalue weighted by Gasteiger charge is 2.05. The molecule has 3 N–H and O–H groups in total. The average molecular weight is 363 g/mol. The zero-order chi connectivity index (χ0) is 19.5. The summed E-state index contributed by atoms with van der Waals surface area (Å²) in [5.74, 6) is -2.79.